The van der Waals surface area contributed by atoms with Gasteiger partial charge in [0.25, 0.3) is 0 Å². The van der Waals surface area contributed by atoms with Crippen molar-refractivity contribution in [3.63, 3.8) is 0 Å². The number of rotatable bonds is 8. The first kappa shape index (κ1) is 13.8. The lowest BCUT2D eigenvalue weighted by molar-refractivity contribution is -0.122. The topological polar surface area (TPSA) is 69.1 Å². The Morgan fingerprint density at radius 2 is 1.93 bits per heavy atom. The van der Waals surface area contributed by atoms with E-state index in [9.17, 15) is 4.79 Å². The molecule has 0 aromatic rings. The smallest absolute Gasteiger partial charge is 0.237 e. The number of primary amides is 1. The molecule has 0 rings (SSSR count). The monoisotopic (exact) mass is 218 g/mol. The molecule has 0 aliphatic heterocycles. The van der Waals surface area contributed by atoms with Crippen LogP contribution in [-0.4, -0.2) is 23.0 Å². The van der Waals surface area contributed by atoms with Crippen molar-refractivity contribution in [1.29, 1.82) is 0 Å². The Morgan fingerprint density at radius 1 is 1.36 bits per heavy atom. The molecule has 14 heavy (non-hydrogen) atoms. The van der Waals surface area contributed by atoms with Crippen molar-refractivity contribution in [3.8, 4) is 0 Å². The second kappa shape index (κ2) is 7.12. The maximum absolute atomic E-state index is 10.9. The summed E-state index contributed by atoms with van der Waals surface area (Å²) in [5.41, 5.74) is 10.1. The molecule has 0 fully saturated rings. The number of hydrogen-bond donors (Lipinski definition) is 2. The van der Waals surface area contributed by atoms with Crippen LogP contribution in [0.15, 0.2) is 0 Å². The Hall–Kier alpha value is -0.220. The molecule has 0 radical (unpaired) electrons. The quantitative estimate of drug-likeness (QED) is 0.607. The van der Waals surface area contributed by atoms with Gasteiger partial charge >= 0.3 is 0 Å². The summed E-state index contributed by atoms with van der Waals surface area (Å²) in [6.45, 7) is 3.89. The number of nitrogens with two attached hydrogens (primary N) is 2. The fraction of sp³-hybridized carbons (Fsp3) is 0.900. The van der Waals surface area contributed by atoms with E-state index in [0.717, 1.165) is 12.2 Å². The number of unbranched alkanes of at least 4 members (excludes halogenated alkanes) is 1. The summed E-state index contributed by atoms with van der Waals surface area (Å²) in [5, 5.41) is 0. The van der Waals surface area contributed by atoms with Crippen LogP contribution in [-0.2, 0) is 4.79 Å². The van der Waals surface area contributed by atoms with Crippen LogP contribution in [0.3, 0.4) is 0 Å². The molecule has 1 amide bonds. The second-order valence-electron chi connectivity index (χ2n) is 3.85. The van der Waals surface area contributed by atoms with Crippen molar-refractivity contribution in [3.05, 3.63) is 0 Å². The second-order valence-corrected chi connectivity index (χ2v) is 5.08. The molecule has 0 saturated carbocycles. The fourth-order valence-corrected chi connectivity index (χ4v) is 2.06. The van der Waals surface area contributed by atoms with Gasteiger partial charge in [-0.15, -0.1) is 0 Å². The Kier molecular flexibility index (Phi) is 7.01. The van der Waals surface area contributed by atoms with Crippen molar-refractivity contribution in [2.45, 2.75) is 45.1 Å². The molecule has 0 saturated heterocycles. The number of carbonyl (C=O) groups is 1. The summed E-state index contributed by atoms with van der Waals surface area (Å²) in [5.74, 6) is 1.87. The van der Waals surface area contributed by atoms with E-state index >= 15 is 0 Å². The van der Waals surface area contributed by atoms with Gasteiger partial charge in [0.2, 0.25) is 5.91 Å². The number of amides is 1. The van der Waals surface area contributed by atoms with Crippen LogP contribution in [0.4, 0.5) is 0 Å². The average Bonchev–Trinajstić information content (AvgIpc) is 2.10. The zero-order valence-electron chi connectivity index (χ0n) is 9.21. The summed E-state index contributed by atoms with van der Waals surface area (Å²) >= 11 is 1.92. The summed E-state index contributed by atoms with van der Waals surface area (Å²) in [6.07, 6.45) is 4.15. The van der Waals surface area contributed by atoms with Crippen LogP contribution >= 0.6 is 11.8 Å². The van der Waals surface area contributed by atoms with Crippen LogP contribution in [0, 0.1) is 0 Å². The Labute approximate surface area is 91.0 Å². The predicted octanol–water partition coefficient (Wildman–Crippen LogP) is 1.50. The normalized spacial score (nSPS) is 15.1. The van der Waals surface area contributed by atoms with E-state index in [1.54, 1.807) is 6.92 Å². The molecule has 4 N–H and O–H groups in total. The Balaban J connectivity index is 3.40. The molecule has 84 valence electrons. The van der Waals surface area contributed by atoms with Crippen molar-refractivity contribution in [2.24, 2.45) is 11.5 Å². The van der Waals surface area contributed by atoms with E-state index in [1.807, 2.05) is 11.8 Å². The van der Waals surface area contributed by atoms with Crippen molar-refractivity contribution in [2.75, 3.05) is 11.5 Å². The highest BCUT2D eigenvalue weighted by atomic mass is 32.2. The van der Waals surface area contributed by atoms with Gasteiger partial charge in [-0.2, -0.15) is 11.8 Å². The van der Waals surface area contributed by atoms with Gasteiger partial charge < -0.3 is 11.5 Å². The van der Waals surface area contributed by atoms with Gasteiger partial charge in [-0.1, -0.05) is 13.3 Å². The molecule has 1 unspecified atom stereocenters. The molecule has 0 spiro atoms. The molecular weight excluding hydrogens is 196 g/mol. The summed E-state index contributed by atoms with van der Waals surface area (Å²) in [4.78, 5) is 10.9. The lowest BCUT2D eigenvalue weighted by Gasteiger charge is -2.19. The number of carbonyl (C=O) groups excluding carboxylic acids is 1. The van der Waals surface area contributed by atoms with E-state index in [1.165, 1.54) is 18.6 Å². The highest BCUT2D eigenvalue weighted by Crippen LogP contribution is 2.13. The van der Waals surface area contributed by atoms with Gasteiger partial charge in [-0.05, 0) is 37.7 Å². The van der Waals surface area contributed by atoms with Crippen LogP contribution < -0.4 is 11.5 Å². The lowest BCUT2D eigenvalue weighted by atomic mass is 9.97. The third-order valence-corrected chi connectivity index (χ3v) is 3.34. The van der Waals surface area contributed by atoms with Gasteiger partial charge in [-0.3, -0.25) is 4.79 Å². The summed E-state index contributed by atoms with van der Waals surface area (Å²) in [6, 6.07) is 0. The van der Waals surface area contributed by atoms with Crippen LogP contribution in [0.2, 0.25) is 0 Å². The molecule has 4 heteroatoms. The van der Waals surface area contributed by atoms with E-state index in [4.69, 9.17) is 11.5 Å². The van der Waals surface area contributed by atoms with Crippen molar-refractivity contribution in [1.82, 2.24) is 0 Å². The molecule has 0 heterocycles. The maximum atomic E-state index is 10.9. The molecule has 0 bridgehead atoms. The van der Waals surface area contributed by atoms with Gasteiger partial charge in [-0.25, -0.2) is 0 Å². The van der Waals surface area contributed by atoms with Crippen molar-refractivity contribution >= 4 is 17.7 Å². The molecular formula is C10H22N2OS. The molecule has 0 aliphatic carbocycles. The minimum absolute atomic E-state index is 0.406. The van der Waals surface area contributed by atoms with Gasteiger partial charge in [0, 0.05) is 0 Å². The van der Waals surface area contributed by atoms with E-state index in [2.05, 4.69) is 6.92 Å². The minimum Gasteiger partial charge on any atom is -0.368 e. The molecule has 1 atom stereocenters. The van der Waals surface area contributed by atoms with Crippen molar-refractivity contribution < 1.29 is 4.79 Å². The zero-order valence-corrected chi connectivity index (χ0v) is 10.0. The first-order valence-corrected chi connectivity index (χ1v) is 6.32. The maximum Gasteiger partial charge on any atom is 0.237 e. The fourth-order valence-electron chi connectivity index (χ4n) is 1.01. The highest BCUT2D eigenvalue weighted by Gasteiger charge is 2.24. The standard InChI is InChI=1S/C10H22N2OS/c1-3-4-7-14-8-5-6-10(2,12)9(11)13/h3-8,12H2,1-2H3,(H2,11,13). The molecule has 0 aliphatic rings. The van der Waals surface area contributed by atoms with E-state index in [0.29, 0.717) is 6.42 Å². The average molecular weight is 218 g/mol. The van der Waals surface area contributed by atoms with Gasteiger partial charge in [0.05, 0.1) is 5.54 Å². The largest absolute Gasteiger partial charge is 0.368 e. The summed E-state index contributed by atoms with van der Waals surface area (Å²) < 4.78 is 0. The minimum atomic E-state index is -0.828. The predicted molar refractivity (Wildman–Crippen MR) is 63.3 cm³/mol. The van der Waals surface area contributed by atoms with Gasteiger partial charge in [0.1, 0.15) is 0 Å². The SMILES string of the molecule is CCCCSCCCC(C)(N)C(N)=O. The molecule has 0 aromatic carbocycles. The summed E-state index contributed by atoms with van der Waals surface area (Å²) in [7, 11) is 0. The van der Waals surface area contributed by atoms with E-state index < -0.39 is 11.4 Å². The van der Waals surface area contributed by atoms with Crippen LogP contribution in [0.1, 0.15) is 39.5 Å². The van der Waals surface area contributed by atoms with Crippen LogP contribution in [0.5, 0.6) is 0 Å². The lowest BCUT2D eigenvalue weighted by Crippen LogP contribution is -2.49. The molecule has 0 aromatic heterocycles. The Bertz CT molecular complexity index is 172. The van der Waals surface area contributed by atoms with Gasteiger partial charge in [0.15, 0.2) is 0 Å². The highest BCUT2D eigenvalue weighted by molar-refractivity contribution is 7.99. The molecule has 3 nitrogen and oxygen atoms in total. The first-order chi connectivity index (χ1) is 6.50. The van der Waals surface area contributed by atoms with E-state index in [-0.39, 0.29) is 0 Å². The first-order valence-electron chi connectivity index (χ1n) is 5.17. The Morgan fingerprint density at radius 3 is 2.43 bits per heavy atom. The third-order valence-electron chi connectivity index (χ3n) is 2.19. The zero-order chi connectivity index (χ0) is 11.0. The number of hydrogen-bond acceptors (Lipinski definition) is 3. The number of thioether (sulfide) groups is 1. The third kappa shape index (κ3) is 6.27. The van der Waals surface area contributed by atoms with Crippen LogP contribution in [0.25, 0.3) is 0 Å².